The van der Waals surface area contributed by atoms with E-state index in [0.717, 1.165) is 45.5 Å². The summed E-state index contributed by atoms with van der Waals surface area (Å²) in [5.74, 6) is 0. The van der Waals surface area contributed by atoms with E-state index in [4.69, 9.17) is 0 Å². The van der Waals surface area contributed by atoms with Gasteiger partial charge < -0.3 is 21.3 Å². The average Bonchev–Trinajstić information content (AvgIpc) is 3.22. The van der Waals surface area contributed by atoms with Gasteiger partial charge in [0.05, 0.1) is 0 Å². The van der Waals surface area contributed by atoms with Gasteiger partial charge >= 0.3 is 26.2 Å². The van der Waals surface area contributed by atoms with Crippen LogP contribution in [0.2, 0.25) is 0 Å². The van der Waals surface area contributed by atoms with Gasteiger partial charge in [-0.15, -0.1) is 45.5 Å². The third-order valence-electron chi connectivity index (χ3n) is 7.08. The first-order chi connectivity index (χ1) is 25.8. The van der Waals surface area contributed by atoms with E-state index in [0.29, 0.717) is 0 Å². The molecule has 0 radical (unpaired) electrons. The number of rotatable bonds is 8. The first-order valence-corrected chi connectivity index (χ1v) is 17.1. The van der Waals surface area contributed by atoms with Crippen LogP contribution in [0.5, 0.6) is 0 Å². The zero-order valence-electron chi connectivity index (χ0n) is 29.4. The van der Waals surface area contributed by atoms with Crippen molar-refractivity contribution in [1.82, 2.24) is 0 Å². The fraction of sp³-hybridized carbons (Fsp3) is 0. The van der Waals surface area contributed by atoms with E-state index in [-0.39, 0.29) is 26.2 Å². The Morgan fingerprint density at radius 2 is 0.245 bits per heavy atom. The fourth-order valence-corrected chi connectivity index (χ4v) is 4.62. The minimum atomic E-state index is 0. The van der Waals surface area contributed by atoms with Crippen molar-refractivity contribution in [3.05, 3.63) is 264 Å². The molecular formula is C48H40N4Zr. The van der Waals surface area contributed by atoms with Gasteiger partial charge in [-0.2, -0.15) is 0 Å². The summed E-state index contributed by atoms with van der Waals surface area (Å²) in [6, 6.07) is 79.6. The molecule has 8 aromatic carbocycles. The quantitative estimate of drug-likeness (QED) is 0.148. The van der Waals surface area contributed by atoms with Crippen LogP contribution in [-0.2, 0) is 26.2 Å². The van der Waals surface area contributed by atoms with E-state index in [9.17, 15) is 0 Å². The van der Waals surface area contributed by atoms with Gasteiger partial charge in [0, 0.05) is 0 Å². The van der Waals surface area contributed by atoms with Crippen molar-refractivity contribution < 1.29 is 26.2 Å². The van der Waals surface area contributed by atoms with E-state index in [1.807, 2.05) is 243 Å². The minimum absolute atomic E-state index is 0. The van der Waals surface area contributed by atoms with E-state index < -0.39 is 0 Å². The average molecular weight is 764 g/mol. The zero-order chi connectivity index (χ0) is 35.7. The minimum Gasteiger partial charge on any atom is -0.658 e. The van der Waals surface area contributed by atoms with Gasteiger partial charge in [-0.1, -0.05) is 243 Å². The zero-order valence-corrected chi connectivity index (χ0v) is 31.8. The van der Waals surface area contributed by atoms with Gasteiger partial charge in [-0.25, -0.2) is 0 Å². The summed E-state index contributed by atoms with van der Waals surface area (Å²) in [5.41, 5.74) is 7.95. The standard InChI is InChI=1S/4C12H10N.Zr/c4*1-3-7-11(8-4-1)13-12-9-5-2-6-10-12;/h4*1-10H;/q4*-1;+4. The van der Waals surface area contributed by atoms with Crippen molar-refractivity contribution in [1.29, 1.82) is 0 Å². The third kappa shape index (κ3) is 16.2. The van der Waals surface area contributed by atoms with Crippen LogP contribution < -0.4 is 0 Å². The molecule has 0 aromatic heterocycles. The van der Waals surface area contributed by atoms with E-state index in [2.05, 4.69) is 21.3 Å². The second kappa shape index (κ2) is 24.1. The molecule has 0 aliphatic carbocycles. The number of nitrogens with zero attached hydrogens (tertiary/aromatic N) is 4. The second-order valence-electron chi connectivity index (χ2n) is 11.1. The SMILES string of the molecule is [Zr+4].c1ccc([N-]c2ccccc2)cc1.c1ccc([N-]c2ccccc2)cc1.c1ccc([N-]c2ccccc2)cc1.c1ccc([N-]c2ccccc2)cc1. The molecule has 0 spiro atoms. The van der Waals surface area contributed by atoms with Crippen molar-refractivity contribution in [3.63, 3.8) is 0 Å². The Kier molecular flexibility index (Phi) is 18.0. The number of benzene rings is 8. The summed E-state index contributed by atoms with van der Waals surface area (Å²) in [7, 11) is 0. The molecule has 0 heterocycles. The molecule has 0 bridgehead atoms. The molecule has 4 nitrogen and oxygen atoms in total. The van der Waals surface area contributed by atoms with Crippen molar-refractivity contribution in [2.45, 2.75) is 0 Å². The van der Waals surface area contributed by atoms with E-state index in [1.54, 1.807) is 0 Å². The maximum absolute atomic E-state index is 4.44. The van der Waals surface area contributed by atoms with Crippen molar-refractivity contribution in [2.24, 2.45) is 0 Å². The first-order valence-electron chi connectivity index (χ1n) is 17.1. The monoisotopic (exact) mass is 762 g/mol. The molecule has 0 atom stereocenters. The van der Waals surface area contributed by atoms with Crippen LogP contribution in [0.15, 0.2) is 243 Å². The Morgan fingerprint density at radius 3 is 0.340 bits per heavy atom. The van der Waals surface area contributed by atoms with Crippen molar-refractivity contribution in [2.75, 3.05) is 0 Å². The Hall–Kier alpha value is -6.16. The maximum Gasteiger partial charge on any atom is 4.00 e. The van der Waals surface area contributed by atoms with Crippen molar-refractivity contribution >= 4 is 45.5 Å². The molecule has 0 unspecified atom stereocenters. The summed E-state index contributed by atoms with van der Waals surface area (Å²) in [4.78, 5) is 0. The Balaban J connectivity index is 0.000000157. The smallest absolute Gasteiger partial charge is 0.658 e. The molecule has 0 saturated heterocycles. The molecule has 8 aromatic rings. The predicted octanol–water partition coefficient (Wildman–Crippen LogP) is 16.1. The topological polar surface area (TPSA) is 56.4 Å². The summed E-state index contributed by atoms with van der Waals surface area (Å²) in [6.07, 6.45) is 0. The van der Waals surface area contributed by atoms with Crippen LogP contribution in [0, 0.1) is 0 Å². The summed E-state index contributed by atoms with van der Waals surface area (Å²) >= 11 is 0. The molecule has 5 heteroatoms. The summed E-state index contributed by atoms with van der Waals surface area (Å²) in [6.45, 7) is 0. The summed E-state index contributed by atoms with van der Waals surface area (Å²) in [5, 5.41) is 17.8. The molecule has 53 heavy (non-hydrogen) atoms. The van der Waals surface area contributed by atoms with E-state index >= 15 is 0 Å². The van der Waals surface area contributed by atoms with Gasteiger partial charge in [0.1, 0.15) is 0 Å². The normalized spacial score (nSPS) is 9.36. The van der Waals surface area contributed by atoms with Crippen LogP contribution in [0.25, 0.3) is 21.3 Å². The van der Waals surface area contributed by atoms with Crippen LogP contribution in [-0.4, -0.2) is 0 Å². The number of hydrogen-bond acceptors (Lipinski definition) is 0. The number of hydrogen-bond donors (Lipinski definition) is 0. The molecular weight excluding hydrogens is 724 g/mol. The predicted molar refractivity (Wildman–Crippen MR) is 222 cm³/mol. The molecule has 0 aliphatic heterocycles. The molecule has 0 N–H and O–H groups in total. The third-order valence-corrected chi connectivity index (χ3v) is 7.08. The van der Waals surface area contributed by atoms with Crippen LogP contribution >= 0.6 is 0 Å². The number of para-hydroxylation sites is 8. The summed E-state index contributed by atoms with van der Waals surface area (Å²) < 4.78 is 0. The Morgan fingerprint density at radius 1 is 0.151 bits per heavy atom. The van der Waals surface area contributed by atoms with Crippen LogP contribution in [0.4, 0.5) is 45.5 Å². The van der Waals surface area contributed by atoms with Gasteiger partial charge in [0.25, 0.3) is 0 Å². The molecule has 256 valence electrons. The Labute approximate surface area is 333 Å². The van der Waals surface area contributed by atoms with Gasteiger partial charge in [0.15, 0.2) is 0 Å². The fourth-order valence-electron chi connectivity index (χ4n) is 4.62. The second-order valence-corrected chi connectivity index (χ2v) is 11.1. The van der Waals surface area contributed by atoms with Crippen LogP contribution in [0.3, 0.4) is 0 Å². The van der Waals surface area contributed by atoms with Gasteiger partial charge in [-0.3, -0.25) is 0 Å². The molecule has 0 amide bonds. The van der Waals surface area contributed by atoms with E-state index in [1.165, 1.54) is 0 Å². The molecule has 0 saturated carbocycles. The largest absolute Gasteiger partial charge is 4.00 e. The molecule has 0 aliphatic rings. The maximum atomic E-state index is 4.44. The van der Waals surface area contributed by atoms with Crippen molar-refractivity contribution in [3.8, 4) is 0 Å². The molecule has 0 fully saturated rings. The molecule has 8 rings (SSSR count). The Bertz CT molecular complexity index is 1580. The van der Waals surface area contributed by atoms with Crippen LogP contribution in [0.1, 0.15) is 0 Å². The van der Waals surface area contributed by atoms with Gasteiger partial charge in [-0.05, 0) is 0 Å². The first kappa shape index (κ1) is 39.6. The van der Waals surface area contributed by atoms with Gasteiger partial charge in [0.2, 0.25) is 0 Å².